The zero-order valence-corrected chi connectivity index (χ0v) is 18.1. The first kappa shape index (κ1) is 20.6. The van der Waals surface area contributed by atoms with E-state index in [-0.39, 0.29) is 18.7 Å². The van der Waals surface area contributed by atoms with Gasteiger partial charge in [-0.1, -0.05) is 60.7 Å². The second-order valence-electron chi connectivity index (χ2n) is 8.54. The second-order valence-corrected chi connectivity index (χ2v) is 8.54. The van der Waals surface area contributed by atoms with E-state index in [0.717, 1.165) is 43.6 Å². The number of nitrogens with one attached hydrogen (secondary N) is 1. The van der Waals surface area contributed by atoms with Gasteiger partial charge in [-0.2, -0.15) is 0 Å². The lowest BCUT2D eigenvalue weighted by Crippen LogP contribution is -2.42. The second kappa shape index (κ2) is 9.45. The number of piperidine rings is 1. The molecule has 0 saturated carbocycles. The predicted octanol–water partition coefficient (Wildman–Crippen LogP) is 5.05. The highest BCUT2D eigenvalue weighted by Gasteiger charge is 2.31. The van der Waals surface area contributed by atoms with Crippen LogP contribution >= 0.6 is 0 Å². The summed E-state index contributed by atoms with van der Waals surface area (Å²) in [6, 6.07) is 26.0. The number of amides is 1. The molecule has 164 valence electrons. The van der Waals surface area contributed by atoms with Gasteiger partial charge in [-0.15, -0.1) is 0 Å². The summed E-state index contributed by atoms with van der Waals surface area (Å²) in [7, 11) is 0. The summed E-state index contributed by atoms with van der Waals surface area (Å²) in [5.74, 6) is 2.02. The number of ether oxygens (including phenoxy) is 2. The average Bonchev–Trinajstić information content (AvgIpc) is 3.30. The van der Waals surface area contributed by atoms with Gasteiger partial charge < -0.3 is 14.8 Å². The lowest BCUT2D eigenvalue weighted by atomic mass is 9.89. The molecule has 5 rings (SSSR count). The Hall–Kier alpha value is -3.31. The number of benzene rings is 3. The minimum atomic E-state index is -0.320. The zero-order valence-electron chi connectivity index (χ0n) is 18.1. The predicted molar refractivity (Wildman–Crippen MR) is 125 cm³/mol. The van der Waals surface area contributed by atoms with Gasteiger partial charge in [0, 0.05) is 11.8 Å². The minimum Gasteiger partial charge on any atom is -0.454 e. The van der Waals surface area contributed by atoms with Crippen molar-refractivity contribution in [3.63, 3.8) is 0 Å². The van der Waals surface area contributed by atoms with E-state index in [1.807, 2.05) is 48.5 Å². The van der Waals surface area contributed by atoms with Crippen LogP contribution in [0.5, 0.6) is 11.5 Å². The average molecular weight is 429 g/mol. The molecule has 0 aliphatic carbocycles. The molecule has 0 bridgehead atoms. The van der Waals surface area contributed by atoms with Gasteiger partial charge in [0.1, 0.15) is 6.04 Å². The van der Waals surface area contributed by atoms with Crippen LogP contribution in [0.25, 0.3) is 0 Å². The summed E-state index contributed by atoms with van der Waals surface area (Å²) >= 11 is 0. The van der Waals surface area contributed by atoms with Crippen molar-refractivity contribution >= 4 is 11.6 Å². The van der Waals surface area contributed by atoms with E-state index in [9.17, 15) is 4.79 Å². The van der Waals surface area contributed by atoms with E-state index in [1.165, 1.54) is 5.56 Å². The third-order valence-corrected chi connectivity index (χ3v) is 6.39. The highest BCUT2D eigenvalue weighted by molar-refractivity contribution is 5.95. The van der Waals surface area contributed by atoms with Crippen LogP contribution in [0.1, 0.15) is 30.0 Å². The van der Waals surface area contributed by atoms with Crippen LogP contribution in [0.15, 0.2) is 78.9 Å². The fraction of sp³-hybridized carbons (Fsp3) is 0.296. The number of hydrogen-bond acceptors (Lipinski definition) is 4. The summed E-state index contributed by atoms with van der Waals surface area (Å²) in [5.41, 5.74) is 3.14. The Morgan fingerprint density at radius 3 is 2.34 bits per heavy atom. The Labute approximate surface area is 189 Å². The Kier molecular flexibility index (Phi) is 6.08. The quantitative estimate of drug-likeness (QED) is 0.597. The topological polar surface area (TPSA) is 50.8 Å². The molecule has 5 heteroatoms. The maximum Gasteiger partial charge on any atom is 0.246 e. The van der Waals surface area contributed by atoms with Gasteiger partial charge in [-0.3, -0.25) is 9.69 Å². The van der Waals surface area contributed by atoms with Gasteiger partial charge >= 0.3 is 0 Å². The molecule has 1 fully saturated rings. The van der Waals surface area contributed by atoms with E-state index in [2.05, 4.69) is 40.5 Å². The van der Waals surface area contributed by atoms with Crippen molar-refractivity contribution in [3.05, 3.63) is 90.0 Å². The van der Waals surface area contributed by atoms with Crippen molar-refractivity contribution in [2.45, 2.75) is 25.3 Å². The third kappa shape index (κ3) is 4.63. The molecule has 3 aromatic carbocycles. The molecule has 5 nitrogen and oxygen atoms in total. The van der Waals surface area contributed by atoms with Crippen LogP contribution < -0.4 is 14.8 Å². The fourth-order valence-corrected chi connectivity index (χ4v) is 4.71. The number of carbonyl (C=O) groups is 1. The van der Waals surface area contributed by atoms with Crippen molar-refractivity contribution in [1.29, 1.82) is 0 Å². The van der Waals surface area contributed by atoms with Gasteiger partial charge in [-0.05, 0) is 61.5 Å². The maximum atomic E-state index is 13.5. The van der Waals surface area contributed by atoms with Crippen molar-refractivity contribution in [1.82, 2.24) is 4.90 Å². The van der Waals surface area contributed by atoms with Crippen molar-refractivity contribution < 1.29 is 14.3 Å². The molecule has 1 amide bonds. The molecule has 0 aromatic heterocycles. The Morgan fingerprint density at radius 2 is 1.59 bits per heavy atom. The van der Waals surface area contributed by atoms with Crippen LogP contribution in [0.4, 0.5) is 5.69 Å². The summed E-state index contributed by atoms with van der Waals surface area (Å²) in [4.78, 5) is 15.8. The monoisotopic (exact) mass is 428 g/mol. The molecule has 0 unspecified atom stereocenters. The molecule has 1 atom stereocenters. The first-order chi connectivity index (χ1) is 15.8. The lowest BCUT2D eigenvalue weighted by molar-refractivity contribution is -0.122. The van der Waals surface area contributed by atoms with E-state index >= 15 is 0 Å². The summed E-state index contributed by atoms with van der Waals surface area (Å²) < 4.78 is 10.8. The molecule has 32 heavy (non-hydrogen) atoms. The fourth-order valence-electron chi connectivity index (χ4n) is 4.71. The lowest BCUT2D eigenvalue weighted by Gasteiger charge is -2.37. The number of rotatable bonds is 6. The van der Waals surface area contributed by atoms with Gasteiger partial charge in [0.25, 0.3) is 0 Å². The van der Waals surface area contributed by atoms with Crippen LogP contribution in [-0.2, 0) is 11.2 Å². The SMILES string of the molecule is O=C(Nc1ccc2c(c1)OCO2)[C@@H](c1ccccc1)N1CCC(Cc2ccccc2)CC1. The molecule has 1 saturated heterocycles. The first-order valence-electron chi connectivity index (χ1n) is 11.3. The Morgan fingerprint density at radius 1 is 0.906 bits per heavy atom. The maximum absolute atomic E-state index is 13.5. The van der Waals surface area contributed by atoms with E-state index in [1.54, 1.807) is 0 Å². The number of likely N-dealkylation sites (tertiary alicyclic amines) is 1. The van der Waals surface area contributed by atoms with E-state index in [0.29, 0.717) is 17.4 Å². The minimum absolute atomic E-state index is 0.0171. The molecular weight excluding hydrogens is 400 g/mol. The molecule has 2 heterocycles. The van der Waals surface area contributed by atoms with Gasteiger partial charge in [0.15, 0.2) is 11.5 Å². The number of nitrogens with zero attached hydrogens (tertiary/aromatic N) is 1. The molecule has 1 N–H and O–H groups in total. The van der Waals surface area contributed by atoms with Crippen LogP contribution in [-0.4, -0.2) is 30.7 Å². The zero-order chi connectivity index (χ0) is 21.8. The molecular formula is C27H28N2O3. The number of carbonyl (C=O) groups excluding carboxylic acids is 1. The normalized spacial score (nSPS) is 17.1. The van der Waals surface area contributed by atoms with Crippen molar-refractivity contribution in [2.75, 3.05) is 25.2 Å². The molecule has 3 aromatic rings. The van der Waals surface area contributed by atoms with Crippen LogP contribution in [0.3, 0.4) is 0 Å². The van der Waals surface area contributed by atoms with E-state index < -0.39 is 0 Å². The Balaban J connectivity index is 1.29. The number of fused-ring (bicyclic) bond motifs is 1. The van der Waals surface area contributed by atoms with Crippen molar-refractivity contribution in [2.24, 2.45) is 5.92 Å². The number of hydrogen-bond donors (Lipinski definition) is 1. The molecule has 2 aliphatic rings. The Bertz CT molecular complexity index is 1050. The number of anilines is 1. The molecule has 0 spiro atoms. The van der Waals surface area contributed by atoms with Crippen molar-refractivity contribution in [3.8, 4) is 11.5 Å². The standard InChI is InChI=1S/C27H28N2O3/c30-27(28-23-11-12-24-25(18-23)32-19-31-24)26(22-9-5-2-6-10-22)29-15-13-21(14-16-29)17-20-7-3-1-4-8-20/h1-12,18,21,26H,13-17,19H2,(H,28,30)/t26-/m1/s1. The van der Waals surface area contributed by atoms with Gasteiger partial charge in [-0.25, -0.2) is 0 Å². The molecule has 0 radical (unpaired) electrons. The van der Waals surface area contributed by atoms with Gasteiger partial charge in [0.05, 0.1) is 0 Å². The summed E-state index contributed by atoms with van der Waals surface area (Å²) in [6.45, 7) is 2.04. The van der Waals surface area contributed by atoms with E-state index in [4.69, 9.17) is 9.47 Å². The highest BCUT2D eigenvalue weighted by atomic mass is 16.7. The molecule has 2 aliphatic heterocycles. The third-order valence-electron chi connectivity index (χ3n) is 6.39. The van der Waals surface area contributed by atoms with Crippen LogP contribution in [0, 0.1) is 5.92 Å². The first-order valence-corrected chi connectivity index (χ1v) is 11.3. The highest BCUT2D eigenvalue weighted by Crippen LogP contribution is 2.35. The van der Waals surface area contributed by atoms with Crippen LogP contribution in [0.2, 0.25) is 0 Å². The smallest absolute Gasteiger partial charge is 0.246 e. The summed E-state index contributed by atoms with van der Waals surface area (Å²) in [5, 5.41) is 3.10. The summed E-state index contributed by atoms with van der Waals surface area (Å²) in [6.07, 6.45) is 3.29. The largest absolute Gasteiger partial charge is 0.454 e. The van der Waals surface area contributed by atoms with Gasteiger partial charge in [0.2, 0.25) is 12.7 Å².